The van der Waals surface area contributed by atoms with Crippen molar-refractivity contribution in [1.82, 2.24) is 4.90 Å². The van der Waals surface area contributed by atoms with E-state index in [1.165, 1.54) is 23.9 Å². The average Bonchev–Trinajstić information content (AvgIpc) is 3.17. The topological polar surface area (TPSA) is 85.0 Å². The molecule has 1 amide bonds. The molecule has 178 valence electrons. The van der Waals surface area contributed by atoms with E-state index in [-0.39, 0.29) is 18.2 Å². The molecule has 0 spiro atoms. The van der Waals surface area contributed by atoms with Crippen LogP contribution < -0.4 is 4.74 Å². The maximum atomic E-state index is 13.1. The summed E-state index contributed by atoms with van der Waals surface area (Å²) >= 11 is 1.36. The average molecular weight is 488 g/mol. The van der Waals surface area contributed by atoms with Gasteiger partial charge in [0.05, 0.1) is 15.5 Å². The summed E-state index contributed by atoms with van der Waals surface area (Å²) in [5.74, 6) is 0.534. The van der Waals surface area contributed by atoms with Gasteiger partial charge in [0.2, 0.25) is 0 Å². The largest absolute Gasteiger partial charge is 0.488 e. The number of benzene rings is 3. The van der Waals surface area contributed by atoms with Crippen LogP contribution in [0, 0.1) is 10.1 Å². The molecule has 0 N–H and O–H groups in total. The predicted octanol–water partition coefficient (Wildman–Crippen LogP) is 6.36. The van der Waals surface area contributed by atoms with Crippen LogP contribution >= 0.6 is 11.8 Å². The number of nitro benzene ring substituents is 1. The highest BCUT2D eigenvalue weighted by atomic mass is 32.2. The molecule has 0 aliphatic carbocycles. The lowest BCUT2D eigenvalue weighted by Crippen LogP contribution is -2.28. The molecule has 0 saturated carbocycles. The molecule has 1 aliphatic heterocycles. The fourth-order valence-electron chi connectivity index (χ4n) is 3.64. The number of rotatable bonds is 8. The number of ether oxygens (including phenoxy) is 1. The minimum absolute atomic E-state index is 0.0372. The Balaban J connectivity index is 1.57. The first kappa shape index (κ1) is 24.2. The minimum Gasteiger partial charge on any atom is -0.488 e. The monoisotopic (exact) mass is 487 g/mol. The quantitative estimate of drug-likeness (QED) is 0.210. The van der Waals surface area contributed by atoms with E-state index in [0.717, 1.165) is 28.8 Å². The minimum atomic E-state index is -0.430. The summed E-state index contributed by atoms with van der Waals surface area (Å²) < 4.78 is 6.00. The number of aliphatic imine (C=N–C) groups is 1. The molecule has 7 nitrogen and oxygen atoms in total. The second-order valence-corrected chi connectivity index (χ2v) is 8.80. The molecular weight excluding hydrogens is 462 g/mol. The van der Waals surface area contributed by atoms with Crippen LogP contribution in [0.5, 0.6) is 5.75 Å². The highest BCUT2D eigenvalue weighted by molar-refractivity contribution is 8.18. The SMILES string of the molecule is CCc1ccccc1N=C1S/C(=C/c2ccccc2OCc2ccc([N+](=O)[O-])cc2)C(=O)N1CC. The zero-order chi connectivity index (χ0) is 24.8. The van der Waals surface area contributed by atoms with Crippen LogP contribution in [-0.2, 0) is 17.8 Å². The van der Waals surface area contributed by atoms with Crippen LogP contribution in [0.25, 0.3) is 6.08 Å². The smallest absolute Gasteiger partial charge is 0.269 e. The van der Waals surface area contributed by atoms with Crippen molar-refractivity contribution in [2.75, 3.05) is 6.54 Å². The third-order valence-corrected chi connectivity index (χ3v) is 6.55. The van der Waals surface area contributed by atoms with Gasteiger partial charge in [0.1, 0.15) is 12.4 Å². The Morgan fingerprint density at radius 2 is 1.74 bits per heavy atom. The van der Waals surface area contributed by atoms with Crippen LogP contribution in [0.2, 0.25) is 0 Å². The number of hydrogen-bond donors (Lipinski definition) is 0. The molecule has 0 radical (unpaired) electrons. The number of carbonyl (C=O) groups excluding carboxylic acids is 1. The molecule has 3 aromatic carbocycles. The van der Waals surface area contributed by atoms with Crippen LogP contribution in [-0.4, -0.2) is 27.4 Å². The van der Waals surface area contributed by atoms with Gasteiger partial charge in [0.25, 0.3) is 11.6 Å². The lowest BCUT2D eigenvalue weighted by molar-refractivity contribution is -0.384. The number of para-hydroxylation sites is 2. The number of nitrogens with zero attached hydrogens (tertiary/aromatic N) is 3. The fraction of sp³-hybridized carbons (Fsp3) is 0.185. The number of likely N-dealkylation sites (N-methyl/N-ethyl adjacent to an activating group) is 1. The van der Waals surface area contributed by atoms with E-state index >= 15 is 0 Å². The first-order valence-electron chi connectivity index (χ1n) is 11.3. The number of aryl methyl sites for hydroxylation is 1. The van der Waals surface area contributed by atoms with Gasteiger partial charge in [-0.15, -0.1) is 0 Å². The van der Waals surface area contributed by atoms with E-state index in [2.05, 4.69) is 6.92 Å². The molecule has 1 heterocycles. The number of nitro groups is 1. The molecule has 8 heteroatoms. The third-order valence-electron chi connectivity index (χ3n) is 5.54. The standard InChI is InChI=1S/C27H25N3O4S/c1-3-20-9-5-7-11-23(20)28-27-29(4-2)26(31)25(35-27)17-21-10-6-8-12-24(21)34-18-19-13-15-22(16-14-19)30(32)33/h5-17H,3-4,18H2,1-2H3/b25-17+,28-27?. The van der Waals surface area contributed by atoms with Crippen molar-refractivity contribution in [2.24, 2.45) is 4.99 Å². The van der Waals surface area contributed by atoms with Gasteiger partial charge in [-0.05, 0) is 66.6 Å². The van der Waals surface area contributed by atoms with E-state index in [1.54, 1.807) is 17.0 Å². The van der Waals surface area contributed by atoms with Crippen molar-refractivity contribution in [3.8, 4) is 5.75 Å². The summed E-state index contributed by atoms with van der Waals surface area (Å²) in [6.45, 7) is 4.79. The Hall–Kier alpha value is -3.91. The molecule has 4 rings (SSSR count). The molecule has 0 atom stereocenters. The molecule has 1 saturated heterocycles. The van der Waals surface area contributed by atoms with E-state index in [9.17, 15) is 14.9 Å². The molecule has 35 heavy (non-hydrogen) atoms. The Morgan fingerprint density at radius 3 is 2.46 bits per heavy atom. The summed E-state index contributed by atoms with van der Waals surface area (Å²) in [5, 5.41) is 11.5. The van der Waals surface area contributed by atoms with Crippen LogP contribution in [0.15, 0.2) is 82.7 Å². The molecule has 0 bridgehead atoms. The molecular formula is C27H25N3O4S. The van der Waals surface area contributed by atoms with Crippen molar-refractivity contribution in [3.63, 3.8) is 0 Å². The van der Waals surface area contributed by atoms with Gasteiger partial charge in [-0.1, -0.05) is 43.3 Å². The van der Waals surface area contributed by atoms with Crippen LogP contribution in [0.1, 0.15) is 30.5 Å². The zero-order valence-corrected chi connectivity index (χ0v) is 20.3. The first-order valence-corrected chi connectivity index (χ1v) is 12.1. The number of amidine groups is 1. The third kappa shape index (κ3) is 5.60. The number of hydrogen-bond acceptors (Lipinski definition) is 6. The first-order chi connectivity index (χ1) is 17.0. The predicted molar refractivity (Wildman–Crippen MR) is 140 cm³/mol. The Labute approximate surface area is 208 Å². The number of non-ortho nitro benzene ring substituents is 1. The van der Waals surface area contributed by atoms with Crippen molar-refractivity contribution >= 4 is 40.3 Å². The fourth-order valence-corrected chi connectivity index (χ4v) is 4.69. The van der Waals surface area contributed by atoms with Gasteiger partial charge >= 0.3 is 0 Å². The van der Waals surface area contributed by atoms with E-state index in [1.807, 2.05) is 61.5 Å². The molecule has 1 fully saturated rings. The molecule has 3 aromatic rings. The van der Waals surface area contributed by atoms with Crippen molar-refractivity contribution in [3.05, 3.63) is 105 Å². The van der Waals surface area contributed by atoms with Crippen molar-refractivity contribution in [1.29, 1.82) is 0 Å². The second kappa shape index (κ2) is 11.0. The van der Waals surface area contributed by atoms with Gasteiger partial charge in [-0.2, -0.15) is 0 Å². The highest BCUT2D eigenvalue weighted by Crippen LogP contribution is 2.36. The van der Waals surface area contributed by atoms with Gasteiger partial charge in [-0.25, -0.2) is 4.99 Å². The number of carbonyl (C=O) groups is 1. The summed E-state index contributed by atoms with van der Waals surface area (Å²) in [5.41, 5.74) is 3.63. The van der Waals surface area contributed by atoms with Crippen LogP contribution in [0.3, 0.4) is 0 Å². The van der Waals surface area contributed by atoms with Gasteiger partial charge in [0.15, 0.2) is 5.17 Å². The van der Waals surface area contributed by atoms with Crippen molar-refractivity contribution < 1.29 is 14.5 Å². The lowest BCUT2D eigenvalue weighted by Gasteiger charge is -2.13. The number of thioether (sulfide) groups is 1. The maximum absolute atomic E-state index is 13.1. The Morgan fingerprint density at radius 1 is 1.03 bits per heavy atom. The zero-order valence-electron chi connectivity index (χ0n) is 19.5. The lowest BCUT2D eigenvalue weighted by atomic mass is 10.1. The van der Waals surface area contributed by atoms with Gasteiger partial charge < -0.3 is 4.74 Å². The van der Waals surface area contributed by atoms with Gasteiger partial charge in [0, 0.05) is 24.2 Å². The summed E-state index contributed by atoms with van der Waals surface area (Å²) in [7, 11) is 0. The second-order valence-electron chi connectivity index (χ2n) is 7.79. The van der Waals surface area contributed by atoms with Gasteiger partial charge in [-0.3, -0.25) is 19.8 Å². The summed E-state index contributed by atoms with van der Waals surface area (Å²) in [4.78, 5) is 30.6. The highest BCUT2D eigenvalue weighted by Gasteiger charge is 2.32. The normalized spacial score (nSPS) is 15.7. The Bertz CT molecular complexity index is 1300. The number of amides is 1. The molecule has 0 aromatic heterocycles. The van der Waals surface area contributed by atoms with E-state index in [4.69, 9.17) is 9.73 Å². The molecule has 0 unspecified atom stereocenters. The summed E-state index contributed by atoms with van der Waals surface area (Å²) in [6, 6.07) is 21.7. The van der Waals surface area contributed by atoms with Crippen LogP contribution in [0.4, 0.5) is 11.4 Å². The summed E-state index contributed by atoms with van der Waals surface area (Å²) in [6.07, 6.45) is 2.69. The Kier molecular flexibility index (Phi) is 7.62. The van der Waals surface area contributed by atoms with E-state index < -0.39 is 4.92 Å². The van der Waals surface area contributed by atoms with Crippen molar-refractivity contribution in [2.45, 2.75) is 26.9 Å². The van der Waals surface area contributed by atoms with E-state index in [0.29, 0.717) is 22.4 Å². The maximum Gasteiger partial charge on any atom is 0.269 e. The molecule has 1 aliphatic rings.